The molecule has 41 heavy (non-hydrogen) atoms. The number of anilines is 2. The van der Waals surface area contributed by atoms with Gasteiger partial charge in [0, 0.05) is 16.8 Å². The lowest BCUT2D eigenvalue weighted by molar-refractivity contribution is 0.490. The van der Waals surface area contributed by atoms with Gasteiger partial charge in [0.25, 0.3) is 15.7 Å². The average molecular weight is 594 g/mol. The van der Waals surface area contributed by atoms with Crippen LogP contribution in [0.1, 0.15) is 24.4 Å². The first-order valence-corrected chi connectivity index (χ1v) is 14.9. The van der Waals surface area contributed by atoms with E-state index in [2.05, 4.69) is 19.9 Å². The maximum atomic E-state index is 14.3. The van der Waals surface area contributed by atoms with Crippen molar-refractivity contribution >= 4 is 49.1 Å². The van der Waals surface area contributed by atoms with E-state index >= 15 is 0 Å². The van der Waals surface area contributed by atoms with E-state index < -0.39 is 22.0 Å². The molecule has 6 aromatic rings. The van der Waals surface area contributed by atoms with Crippen LogP contribution in [-0.4, -0.2) is 48.5 Å². The molecule has 0 aliphatic heterocycles. The van der Waals surface area contributed by atoms with Gasteiger partial charge in [-0.3, -0.25) is 13.7 Å². The highest BCUT2D eigenvalue weighted by molar-refractivity contribution is 7.85. The van der Waals surface area contributed by atoms with Crippen molar-refractivity contribution in [1.82, 2.24) is 29.3 Å². The zero-order chi connectivity index (χ0) is 29.3. The standard InChI is InChI=1S/C26H20FN7OS.CH4O3S/c1-15-12-36-26-32-21(20(25(35)33(15)26)17-7-6-8-18(27)11-17)16(2)34(19-9-4-3-5-10-19)24-22-23(29-13-28-22)30-14-31-24;1-5(2,3)4/h3-14,16H,1-2H3,(H,28,29,30,31);1H3,(H,2,3,4). The number of benzene rings is 2. The second kappa shape index (κ2) is 11.2. The van der Waals surface area contributed by atoms with Gasteiger partial charge in [0.2, 0.25) is 0 Å². The maximum Gasteiger partial charge on any atom is 0.266 e. The van der Waals surface area contributed by atoms with Crippen molar-refractivity contribution in [3.05, 3.63) is 100 Å². The van der Waals surface area contributed by atoms with E-state index in [9.17, 15) is 17.6 Å². The topological polar surface area (TPSA) is 146 Å². The fourth-order valence-corrected chi connectivity index (χ4v) is 5.36. The number of halogens is 1. The Kier molecular flexibility index (Phi) is 7.62. The van der Waals surface area contributed by atoms with Gasteiger partial charge < -0.3 is 9.88 Å². The monoisotopic (exact) mass is 593 g/mol. The van der Waals surface area contributed by atoms with E-state index in [1.807, 2.05) is 54.5 Å². The van der Waals surface area contributed by atoms with Crippen LogP contribution in [0.15, 0.2) is 77.4 Å². The molecule has 4 aromatic heterocycles. The van der Waals surface area contributed by atoms with E-state index in [0.29, 0.717) is 45.0 Å². The second-order valence-corrected chi connectivity index (χ2v) is 11.4. The minimum Gasteiger partial charge on any atom is -0.340 e. The number of thiazole rings is 1. The molecule has 0 radical (unpaired) electrons. The number of imidazole rings is 1. The van der Waals surface area contributed by atoms with Gasteiger partial charge in [-0.15, -0.1) is 11.3 Å². The van der Waals surface area contributed by atoms with Gasteiger partial charge in [-0.2, -0.15) is 8.42 Å². The first-order valence-electron chi connectivity index (χ1n) is 12.2. The SMILES string of the molecule is CS(=O)(=O)O.Cc1csc2nc(C(C)N(c3ccccc3)c3ncnc4nc[nH]c34)c(-c3cccc(F)c3)c(=O)n12. The fourth-order valence-electron chi connectivity index (χ4n) is 4.49. The van der Waals surface area contributed by atoms with Crippen molar-refractivity contribution < 1.29 is 17.4 Å². The van der Waals surface area contributed by atoms with Gasteiger partial charge in [-0.1, -0.05) is 30.3 Å². The van der Waals surface area contributed by atoms with E-state index in [1.54, 1.807) is 22.9 Å². The summed E-state index contributed by atoms with van der Waals surface area (Å²) in [7, 11) is -3.67. The Hall–Kier alpha value is -4.53. The molecule has 0 saturated carbocycles. The van der Waals surface area contributed by atoms with Crippen molar-refractivity contribution in [3.8, 4) is 11.1 Å². The zero-order valence-corrected chi connectivity index (χ0v) is 23.7. The number of H-pyrrole nitrogens is 1. The third-order valence-electron chi connectivity index (χ3n) is 6.13. The molecule has 4 heterocycles. The number of hydrogen-bond donors (Lipinski definition) is 2. The largest absolute Gasteiger partial charge is 0.340 e. The molecule has 6 rings (SSSR count). The Morgan fingerprint density at radius 2 is 1.83 bits per heavy atom. The van der Waals surface area contributed by atoms with E-state index in [4.69, 9.17) is 9.54 Å². The van der Waals surface area contributed by atoms with Crippen LogP contribution in [0.25, 0.3) is 27.3 Å². The number of fused-ring (bicyclic) bond motifs is 2. The Bertz CT molecular complexity index is 2020. The number of aromatic amines is 1. The molecular formula is C27H24FN7O4S2. The summed E-state index contributed by atoms with van der Waals surface area (Å²) in [5.41, 5.74) is 3.89. The molecule has 2 N–H and O–H groups in total. The molecule has 1 unspecified atom stereocenters. The number of hydrogen-bond acceptors (Lipinski definition) is 9. The van der Waals surface area contributed by atoms with Crippen LogP contribution >= 0.6 is 11.3 Å². The first kappa shape index (κ1) is 28.0. The molecule has 210 valence electrons. The molecule has 0 amide bonds. The van der Waals surface area contributed by atoms with Crippen LogP contribution in [0.3, 0.4) is 0 Å². The third-order valence-corrected chi connectivity index (χ3v) is 7.07. The summed E-state index contributed by atoms with van der Waals surface area (Å²) >= 11 is 1.39. The van der Waals surface area contributed by atoms with Gasteiger partial charge in [0.05, 0.1) is 29.9 Å². The predicted octanol–water partition coefficient (Wildman–Crippen LogP) is 4.94. The molecule has 0 aliphatic carbocycles. The van der Waals surface area contributed by atoms with Crippen molar-refractivity contribution in [3.63, 3.8) is 0 Å². The van der Waals surface area contributed by atoms with Crippen molar-refractivity contribution in [2.75, 3.05) is 11.2 Å². The number of nitrogens with zero attached hydrogens (tertiary/aromatic N) is 6. The van der Waals surface area contributed by atoms with Gasteiger partial charge in [-0.25, -0.2) is 24.3 Å². The summed E-state index contributed by atoms with van der Waals surface area (Å²) in [5, 5.41) is 1.89. The lowest BCUT2D eigenvalue weighted by atomic mass is 10.00. The average Bonchev–Trinajstić information content (AvgIpc) is 3.55. The molecule has 11 nitrogen and oxygen atoms in total. The van der Waals surface area contributed by atoms with Crippen LogP contribution in [0, 0.1) is 12.7 Å². The molecule has 0 spiro atoms. The lowest BCUT2D eigenvalue weighted by Gasteiger charge is -2.31. The summed E-state index contributed by atoms with van der Waals surface area (Å²) in [5.74, 6) is 0.165. The van der Waals surface area contributed by atoms with Crippen molar-refractivity contribution in [2.45, 2.75) is 19.9 Å². The van der Waals surface area contributed by atoms with E-state index in [-0.39, 0.29) is 5.56 Å². The zero-order valence-electron chi connectivity index (χ0n) is 22.1. The summed E-state index contributed by atoms with van der Waals surface area (Å²) in [6, 6.07) is 15.3. The molecule has 14 heteroatoms. The smallest absolute Gasteiger partial charge is 0.266 e. The van der Waals surface area contributed by atoms with Gasteiger partial charge in [-0.05, 0) is 43.7 Å². The molecule has 0 bridgehead atoms. The molecular weight excluding hydrogens is 569 g/mol. The Labute approximate surface area is 237 Å². The molecule has 2 aromatic carbocycles. The van der Waals surface area contributed by atoms with Gasteiger partial charge in [0.15, 0.2) is 16.4 Å². The maximum absolute atomic E-state index is 14.3. The van der Waals surface area contributed by atoms with Crippen LogP contribution in [-0.2, 0) is 10.1 Å². The molecule has 0 fully saturated rings. The molecule has 0 saturated heterocycles. The Morgan fingerprint density at radius 1 is 1.10 bits per heavy atom. The first-order chi connectivity index (χ1) is 19.5. The van der Waals surface area contributed by atoms with Gasteiger partial charge >= 0.3 is 0 Å². The third kappa shape index (κ3) is 5.84. The molecule has 1 atom stereocenters. The van der Waals surface area contributed by atoms with Crippen molar-refractivity contribution in [2.24, 2.45) is 0 Å². The quantitative estimate of drug-likeness (QED) is 0.265. The van der Waals surface area contributed by atoms with Crippen LogP contribution in [0.4, 0.5) is 15.9 Å². The minimum atomic E-state index is -3.67. The number of nitrogens with one attached hydrogen (secondary N) is 1. The van der Waals surface area contributed by atoms with E-state index in [1.165, 1.54) is 29.8 Å². The highest BCUT2D eigenvalue weighted by Crippen LogP contribution is 2.38. The second-order valence-electron chi connectivity index (χ2n) is 9.10. The predicted molar refractivity (Wildman–Crippen MR) is 156 cm³/mol. The Morgan fingerprint density at radius 3 is 2.54 bits per heavy atom. The van der Waals surface area contributed by atoms with Gasteiger partial charge in [0.1, 0.15) is 17.7 Å². The Balaban J connectivity index is 0.000000623. The van der Waals surface area contributed by atoms with Crippen molar-refractivity contribution in [1.29, 1.82) is 0 Å². The fraction of sp³-hybridized carbons (Fsp3) is 0.148. The van der Waals surface area contributed by atoms with Crippen LogP contribution in [0.2, 0.25) is 0 Å². The summed E-state index contributed by atoms with van der Waals surface area (Å²) < 4.78 is 41.8. The van der Waals surface area contributed by atoms with Crippen LogP contribution in [0.5, 0.6) is 0 Å². The number of aromatic nitrogens is 6. The normalized spacial score (nSPS) is 12.2. The number of para-hydroxylation sites is 1. The minimum absolute atomic E-state index is 0.242. The molecule has 0 aliphatic rings. The number of rotatable bonds is 5. The highest BCUT2D eigenvalue weighted by Gasteiger charge is 2.29. The number of aryl methyl sites for hydroxylation is 1. The van der Waals surface area contributed by atoms with Crippen LogP contribution < -0.4 is 10.5 Å². The highest BCUT2D eigenvalue weighted by atomic mass is 32.2. The summed E-state index contributed by atoms with van der Waals surface area (Å²) in [6.45, 7) is 3.82. The van der Waals surface area contributed by atoms with E-state index in [0.717, 1.165) is 11.4 Å². The lowest BCUT2D eigenvalue weighted by Crippen LogP contribution is -2.28. The summed E-state index contributed by atoms with van der Waals surface area (Å²) in [4.78, 5) is 37.6. The summed E-state index contributed by atoms with van der Waals surface area (Å²) in [6.07, 6.45) is 3.75.